The van der Waals surface area contributed by atoms with Crippen molar-refractivity contribution >= 4 is 23.1 Å². The molecule has 10 heavy (non-hydrogen) atoms. The average molecular weight is 170 g/mol. The maximum atomic E-state index is 2.33. The van der Waals surface area contributed by atoms with Gasteiger partial charge in [0.05, 0.1) is 0 Å². The molecule has 1 unspecified atom stereocenters. The largest absolute Gasteiger partial charge is 0.148 e. The lowest BCUT2D eigenvalue weighted by molar-refractivity contribution is 0.650. The van der Waals surface area contributed by atoms with Crippen LogP contribution in [0.1, 0.15) is 11.8 Å². The van der Waals surface area contributed by atoms with Gasteiger partial charge in [0.1, 0.15) is 0 Å². The first kappa shape index (κ1) is 6.74. The zero-order valence-corrected chi connectivity index (χ0v) is 7.60. The van der Waals surface area contributed by atoms with Crippen molar-refractivity contribution in [1.29, 1.82) is 0 Å². The lowest BCUT2D eigenvalue weighted by Gasteiger charge is -2.16. The maximum absolute atomic E-state index is 2.33. The van der Waals surface area contributed by atoms with Gasteiger partial charge in [-0.25, -0.2) is 0 Å². The summed E-state index contributed by atoms with van der Waals surface area (Å²) < 4.78 is 0. The Morgan fingerprint density at radius 1 is 1.60 bits per heavy atom. The molecule has 2 rings (SSSR count). The van der Waals surface area contributed by atoms with E-state index in [4.69, 9.17) is 0 Å². The van der Waals surface area contributed by atoms with Gasteiger partial charge in [0.2, 0.25) is 0 Å². The van der Waals surface area contributed by atoms with Crippen LogP contribution in [0.3, 0.4) is 0 Å². The summed E-state index contributed by atoms with van der Waals surface area (Å²) in [5, 5.41) is 2.20. The molecule has 0 aliphatic carbocycles. The summed E-state index contributed by atoms with van der Waals surface area (Å²) in [6.45, 7) is 2.33. The van der Waals surface area contributed by atoms with E-state index in [-0.39, 0.29) is 0 Å². The maximum Gasteiger partial charge on any atom is 0.0211 e. The molecule has 2 heteroatoms. The standard InChI is InChI=1S/C8H10S2/c1-6-4-8-7(10-5-6)2-3-9-8/h2-3,6H,4-5H2,1H3. The van der Waals surface area contributed by atoms with Crippen molar-refractivity contribution in [2.75, 3.05) is 5.75 Å². The quantitative estimate of drug-likeness (QED) is 0.576. The first-order chi connectivity index (χ1) is 4.86. The van der Waals surface area contributed by atoms with Gasteiger partial charge in [-0.1, -0.05) is 6.92 Å². The third kappa shape index (κ3) is 1.10. The zero-order chi connectivity index (χ0) is 6.97. The first-order valence-corrected chi connectivity index (χ1v) is 5.42. The average Bonchev–Trinajstić information content (AvgIpc) is 2.33. The Labute approximate surface area is 69.6 Å². The number of thioether (sulfide) groups is 1. The van der Waals surface area contributed by atoms with Gasteiger partial charge in [0.15, 0.2) is 0 Å². The SMILES string of the molecule is CC1CSc2ccsc2C1. The molecule has 0 saturated heterocycles. The van der Waals surface area contributed by atoms with E-state index in [1.807, 2.05) is 23.1 Å². The zero-order valence-electron chi connectivity index (χ0n) is 5.96. The molecule has 1 aromatic heterocycles. The smallest absolute Gasteiger partial charge is 0.0211 e. The van der Waals surface area contributed by atoms with E-state index < -0.39 is 0 Å². The third-order valence-corrected chi connectivity index (χ3v) is 4.26. The van der Waals surface area contributed by atoms with Crippen LogP contribution < -0.4 is 0 Å². The van der Waals surface area contributed by atoms with Crippen LogP contribution in [0, 0.1) is 5.92 Å². The highest BCUT2D eigenvalue weighted by atomic mass is 32.2. The number of rotatable bonds is 0. The van der Waals surface area contributed by atoms with Crippen molar-refractivity contribution in [3.63, 3.8) is 0 Å². The van der Waals surface area contributed by atoms with Crippen LogP contribution in [-0.4, -0.2) is 5.75 Å². The van der Waals surface area contributed by atoms with Crippen molar-refractivity contribution in [2.24, 2.45) is 5.92 Å². The van der Waals surface area contributed by atoms with Crippen molar-refractivity contribution in [3.8, 4) is 0 Å². The lowest BCUT2D eigenvalue weighted by atomic mass is 10.1. The predicted molar refractivity (Wildman–Crippen MR) is 47.9 cm³/mol. The van der Waals surface area contributed by atoms with Gasteiger partial charge in [0.25, 0.3) is 0 Å². The van der Waals surface area contributed by atoms with Crippen LogP contribution in [0.25, 0.3) is 0 Å². The molecule has 0 saturated carbocycles. The van der Waals surface area contributed by atoms with Crippen LogP contribution in [-0.2, 0) is 6.42 Å². The minimum absolute atomic E-state index is 0.885. The Hall–Kier alpha value is 0.0500. The van der Waals surface area contributed by atoms with Crippen LogP contribution >= 0.6 is 23.1 Å². The summed E-state index contributed by atoms with van der Waals surface area (Å²) in [6, 6.07) is 2.25. The molecule has 0 fully saturated rings. The second-order valence-electron chi connectivity index (χ2n) is 2.83. The van der Waals surface area contributed by atoms with E-state index in [1.165, 1.54) is 17.1 Å². The molecule has 0 N–H and O–H groups in total. The van der Waals surface area contributed by atoms with Gasteiger partial charge in [0, 0.05) is 15.5 Å². The molecule has 1 aromatic rings. The van der Waals surface area contributed by atoms with Crippen LogP contribution in [0.15, 0.2) is 16.3 Å². The fourth-order valence-electron chi connectivity index (χ4n) is 1.21. The molecule has 0 nitrogen and oxygen atoms in total. The summed E-state index contributed by atoms with van der Waals surface area (Å²) in [7, 11) is 0. The second-order valence-corrected chi connectivity index (χ2v) is 4.89. The predicted octanol–water partition coefficient (Wildman–Crippen LogP) is 3.03. The Kier molecular flexibility index (Phi) is 1.75. The molecule has 0 radical (unpaired) electrons. The molecule has 0 aromatic carbocycles. The Balaban J connectivity index is 2.30. The summed E-state index contributed by atoms with van der Waals surface area (Å²) >= 11 is 3.92. The molecule has 0 spiro atoms. The fraction of sp³-hybridized carbons (Fsp3) is 0.500. The highest BCUT2D eigenvalue weighted by Gasteiger charge is 2.15. The summed E-state index contributed by atoms with van der Waals surface area (Å²) in [5.74, 6) is 2.19. The van der Waals surface area contributed by atoms with Gasteiger partial charge < -0.3 is 0 Å². The van der Waals surface area contributed by atoms with E-state index >= 15 is 0 Å². The normalized spacial score (nSPS) is 24.3. The molecule has 54 valence electrons. The van der Waals surface area contributed by atoms with E-state index in [0.717, 1.165) is 5.92 Å². The second kappa shape index (κ2) is 2.59. The molecule has 0 amide bonds. The molecule has 0 bridgehead atoms. The number of hydrogen-bond donors (Lipinski definition) is 0. The van der Waals surface area contributed by atoms with Crippen molar-refractivity contribution in [2.45, 2.75) is 18.2 Å². The van der Waals surface area contributed by atoms with Crippen molar-refractivity contribution in [1.82, 2.24) is 0 Å². The number of hydrogen-bond acceptors (Lipinski definition) is 2. The molecule has 1 aliphatic rings. The van der Waals surface area contributed by atoms with Crippen molar-refractivity contribution < 1.29 is 0 Å². The van der Waals surface area contributed by atoms with E-state index in [1.54, 1.807) is 4.88 Å². The molecular formula is C8H10S2. The fourth-order valence-corrected chi connectivity index (χ4v) is 3.54. The first-order valence-electron chi connectivity index (χ1n) is 3.55. The highest BCUT2D eigenvalue weighted by molar-refractivity contribution is 7.99. The Morgan fingerprint density at radius 3 is 3.40 bits per heavy atom. The third-order valence-electron chi connectivity index (χ3n) is 1.76. The van der Waals surface area contributed by atoms with Gasteiger partial charge in [-0.15, -0.1) is 23.1 Å². The Bertz CT molecular complexity index is 227. The molecule has 1 atom stereocenters. The van der Waals surface area contributed by atoms with E-state index in [9.17, 15) is 0 Å². The molecule has 2 heterocycles. The van der Waals surface area contributed by atoms with Gasteiger partial charge >= 0.3 is 0 Å². The summed E-state index contributed by atoms with van der Waals surface area (Å²) in [6.07, 6.45) is 1.31. The lowest BCUT2D eigenvalue weighted by Crippen LogP contribution is -2.06. The van der Waals surface area contributed by atoms with Crippen LogP contribution in [0.5, 0.6) is 0 Å². The van der Waals surface area contributed by atoms with Gasteiger partial charge in [-0.3, -0.25) is 0 Å². The minimum Gasteiger partial charge on any atom is -0.148 e. The monoisotopic (exact) mass is 170 g/mol. The number of thiophene rings is 1. The number of fused-ring (bicyclic) bond motifs is 1. The molecule has 1 aliphatic heterocycles. The topological polar surface area (TPSA) is 0 Å². The van der Waals surface area contributed by atoms with Crippen LogP contribution in [0.4, 0.5) is 0 Å². The van der Waals surface area contributed by atoms with Gasteiger partial charge in [-0.2, -0.15) is 0 Å². The molecular weight excluding hydrogens is 160 g/mol. The van der Waals surface area contributed by atoms with Crippen LogP contribution in [0.2, 0.25) is 0 Å². The van der Waals surface area contributed by atoms with Gasteiger partial charge in [-0.05, 0) is 23.8 Å². The minimum atomic E-state index is 0.885. The highest BCUT2D eigenvalue weighted by Crippen LogP contribution is 2.35. The Morgan fingerprint density at radius 2 is 2.50 bits per heavy atom. The summed E-state index contributed by atoms with van der Waals surface area (Å²) in [4.78, 5) is 3.13. The van der Waals surface area contributed by atoms with Crippen molar-refractivity contribution in [3.05, 3.63) is 16.3 Å². The van der Waals surface area contributed by atoms with E-state index in [2.05, 4.69) is 18.4 Å². The van der Waals surface area contributed by atoms with E-state index in [0.29, 0.717) is 0 Å². The summed E-state index contributed by atoms with van der Waals surface area (Å²) in [5.41, 5.74) is 0.